The van der Waals surface area contributed by atoms with Gasteiger partial charge in [-0.15, -0.1) is 0 Å². The molecule has 7 heteroatoms. The number of nitrogen functional groups attached to an aromatic ring is 1. The Hall–Kier alpha value is -2.44. The van der Waals surface area contributed by atoms with Crippen LogP contribution in [0.1, 0.15) is 10.5 Å². The van der Waals surface area contributed by atoms with Crippen molar-refractivity contribution in [3.63, 3.8) is 0 Å². The monoisotopic (exact) mass is 235 g/mol. The van der Waals surface area contributed by atoms with Gasteiger partial charge in [0.25, 0.3) is 5.91 Å². The molecule has 0 aliphatic rings. The number of halogens is 1. The van der Waals surface area contributed by atoms with Crippen molar-refractivity contribution in [3.8, 4) is 0 Å². The van der Waals surface area contributed by atoms with E-state index >= 15 is 0 Å². The predicted molar refractivity (Wildman–Crippen MR) is 59.8 cm³/mol. The molecule has 0 bridgehead atoms. The molecular weight excluding hydrogens is 225 g/mol. The minimum absolute atomic E-state index is 0.0820. The molecule has 0 saturated carbocycles. The molecule has 3 N–H and O–H groups in total. The summed E-state index contributed by atoms with van der Waals surface area (Å²) < 4.78 is 14.2. The number of amides is 1. The van der Waals surface area contributed by atoms with Gasteiger partial charge in [0.1, 0.15) is 5.82 Å². The Labute approximate surface area is 96.3 Å². The first kappa shape index (κ1) is 11.1. The summed E-state index contributed by atoms with van der Waals surface area (Å²) >= 11 is 0. The van der Waals surface area contributed by atoms with E-state index in [0.29, 0.717) is 0 Å². The van der Waals surface area contributed by atoms with Gasteiger partial charge in [0, 0.05) is 13.2 Å². The van der Waals surface area contributed by atoms with Crippen molar-refractivity contribution in [2.45, 2.75) is 0 Å². The first-order valence-electron chi connectivity index (χ1n) is 4.79. The van der Waals surface area contributed by atoms with Gasteiger partial charge in [-0.05, 0) is 12.1 Å². The van der Waals surface area contributed by atoms with E-state index in [0.717, 1.165) is 0 Å². The van der Waals surface area contributed by atoms with Crippen LogP contribution in [0.15, 0.2) is 24.4 Å². The van der Waals surface area contributed by atoms with Crippen LogP contribution in [0.3, 0.4) is 0 Å². The van der Waals surface area contributed by atoms with Gasteiger partial charge in [0.2, 0.25) is 5.95 Å². The van der Waals surface area contributed by atoms with E-state index in [2.05, 4.69) is 15.4 Å². The number of nitrogens with one attached hydrogen (secondary N) is 1. The van der Waals surface area contributed by atoms with Crippen LogP contribution in [0.2, 0.25) is 0 Å². The van der Waals surface area contributed by atoms with E-state index < -0.39 is 11.9 Å². The highest BCUT2D eigenvalue weighted by Crippen LogP contribution is 2.11. The van der Waals surface area contributed by atoms with Crippen molar-refractivity contribution in [1.29, 1.82) is 0 Å². The summed E-state index contributed by atoms with van der Waals surface area (Å²) in [5.74, 6) is -1.09. The van der Waals surface area contributed by atoms with Crippen molar-refractivity contribution >= 4 is 17.4 Å². The van der Waals surface area contributed by atoms with Crippen LogP contribution in [-0.4, -0.2) is 20.7 Å². The normalized spacial score (nSPS) is 10.2. The minimum Gasteiger partial charge on any atom is -0.396 e. The largest absolute Gasteiger partial charge is 0.396 e. The molecule has 0 radical (unpaired) electrons. The van der Waals surface area contributed by atoms with Crippen LogP contribution >= 0.6 is 0 Å². The SMILES string of the molecule is Cn1cc(N)c(C(=O)Nc2cccc(F)n2)n1. The maximum Gasteiger partial charge on any atom is 0.279 e. The lowest BCUT2D eigenvalue weighted by Gasteiger charge is -2.02. The molecule has 0 saturated heterocycles. The van der Waals surface area contributed by atoms with Crippen LogP contribution in [0.4, 0.5) is 15.9 Å². The zero-order valence-corrected chi connectivity index (χ0v) is 9.01. The lowest BCUT2D eigenvalue weighted by atomic mass is 10.3. The molecule has 2 rings (SSSR count). The fraction of sp³-hybridized carbons (Fsp3) is 0.100. The number of carbonyl (C=O) groups is 1. The molecule has 17 heavy (non-hydrogen) atoms. The van der Waals surface area contributed by atoms with E-state index in [1.807, 2.05) is 0 Å². The summed E-state index contributed by atoms with van der Waals surface area (Å²) in [7, 11) is 1.65. The van der Waals surface area contributed by atoms with Crippen molar-refractivity contribution in [1.82, 2.24) is 14.8 Å². The number of nitrogens with two attached hydrogens (primary N) is 1. The van der Waals surface area contributed by atoms with Gasteiger partial charge in [-0.25, -0.2) is 4.98 Å². The standard InChI is InChI=1S/C10H10FN5O/c1-16-5-6(12)9(15-16)10(17)14-8-4-2-3-7(11)13-8/h2-5H,12H2,1H3,(H,13,14,17). The summed E-state index contributed by atoms with van der Waals surface area (Å²) in [6.45, 7) is 0. The predicted octanol–water partition coefficient (Wildman–Crippen LogP) is 0.789. The van der Waals surface area contributed by atoms with Crippen LogP contribution in [-0.2, 0) is 7.05 Å². The van der Waals surface area contributed by atoms with Crippen LogP contribution in [0.25, 0.3) is 0 Å². The Balaban J connectivity index is 2.20. The number of hydrogen-bond acceptors (Lipinski definition) is 4. The molecule has 0 unspecified atom stereocenters. The third-order valence-corrected chi connectivity index (χ3v) is 2.03. The van der Waals surface area contributed by atoms with Crippen molar-refractivity contribution in [2.75, 3.05) is 11.1 Å². The van der Waals surface area contributed by atoms with Crippen molar-refractivity contribution in [2.24, 2.45) is 7.05 Å². The van der Waals surface area contributed by atoms with Crippen LogP contribution in [0, 0.1) is 5.95 Å². The van der Waals surface area contributed by atoms with Gasteiger partial charge in [0.15, 0.2) is 5.69 Å². The van der Waals surface area contributed by atoms with Crippen LogP contribution in [0.5, 0.6) is 0 Å². The zero-order chi connectivity index (χ0) is 12.4. The number of aromatic nitrogens is 3. The molecular formula is C10H10FN5O. The smallest absolute Gasteiger partial charge is 0.279 e. The summed E-state index contributed by atoms with van der Waals surface area (Å²) in [5, 5.41) is 6.29. The summed E-state index contributed by atoms with van der Waals surface area (Å²) in [5.41, 5.74) is 5.92. The van der Waals surface area contributed by atoms with Gasteiger partial charge >= 0.3 is 0 Å². The molecule has 6 nitrogen and oxygen atoms in total. The Morgan fingerprint density at radius 3 is 2.88 bits per heavy atom. The molecule has 0 aromatic carbocycles. The summed E-state index contributed by atoms with van der Waals surface area (Å²) in [6, 6.07) is 4.10. The Morgan fingerprint density at radius 1 is 1.53 bits per heavy atom. The first-order valence-corrected chi connectivity index (χ1v) is 4.79. The zero-order valence-electron chi connectivity index (χ0n) is 9.01. The van der Waals surface area contributed by atoms with Gasteiger partial charge in [0.05, 0.1) is 5.69 Å². The average Bonchev–Trinajstić information content (AvgIpc) is 2.58. The molecule has 0 fully saturated rings. The number of aryl methyl sites for hydroxylation is 1. The Morgan fingerprint density at radius 2 is 2.29 bits per heavy atom. The minimum atomic E-state index is -0.670. The lowest BCUT2D eigenvalue weighted by molar-refractivity contribution is 0.102. The van der Waals surface area contributed by atoms with Gasteiger partial charge in [-0.3, -0.25) is 9.48 Å². The number of nitrogens with zero attached hydrogens (tertiary/aromatic N) is 3. The van der Waals surface area contributed by atoms with Crippen molar-refractivity contribution < 1.29 is 9.18 Å². The molecule has 0 atom stereocenters. The molecule has 0 spiro atoms. The Kier molecular flexibility index (Phi) is 2.73. The number of anilines is 2. The van der Waals surface area contributed by atoms with E-state index in [9.17, 15) is 9.18 Å². The molecule has 2 heterocycles. The average molecular weight is 235 g/mol. The molecule has 88 valence electrons. The first-order chi connectivity index (χ1) is 8.06. The number of pyridine rings is 1. The number of rotatable bonds is 2. The van der Waals surface area contributed by atoms with Gasteiger partial charge in [-0.1, -0.05) is 6.07 Å². The van der Waals surface area contributed by atoms with E-state index in [1.165, 1.54) is 29.1 Å². The maximum atomic E-state index is 12.8. The van der Waals surface area contributed by atoms with E-state index in [-0.39, 0.29) is 17.2 Å². The highest BCUT2D eigenvalue weighted by molar-refractivity contribution is 6.05. The molecule has 2 aromatic heterocycles. The fourth-order valence-corrected chi connectivity index (χ4v) is 1.34. The summed E-state index contributed by atoms with van der Waals surface area (Å²) in [6.07, 6.45) is 1.51. The third kappa shape index (κ3) is 2.39. The second-order valence-electron chi connectivity index (χ2n) is 3.41. The van der Waals surface area contributed by atoms with Crippen LogP contribution < -0.4 is 11.1 Å². The maximum absolute atomic E-state index is 12.8. The number of hydrogen-bond donors (Lipinski definition) is 2. The van der Waals surface area contributed by atoms with E-state index in [4.69, 9.17) is 5.73 Å². The Bertz CT molecular complexity index is 566. The quantitative estimate of drug-likeness (QED) is 0.753. The molecule has 1 amide bonds. The molecule has 0 aliphatic carbocycles. The van der Waals surface area contributed by atoms with E-state index in [1.54, 1.807) is 7.05 Å². The van der Waals surface area contributed by atoms with Gasteiger partial charge in [-0.2, -0.15) is 9.49 Å². The second kappa shape index (κ2) is 4.20. The van der Waals surface area contributed by atoms with Gasteiger partial charge < -0.3 is 11.1 Å². The lowest BCUT2D eigenvalue weighted by Crippen LogP contribution is -2.15. The third-order valence-electron chi connectivity index (χ3n) is 2.03. The fourth-order valence-electron chi connectivity index (χ4n) is 1.34. The molecule has 0 aliphatic heterocycles. The van der Waals surface area contributed by atoms with Crippen molar-refractivity contribution in [3.05, 3.63) is 36.0 Å². The second-order valence-corrected chi connectivity index (χ2v) is 3.41. The summed E-state index contributed by atoms with van der Waals surface area (Å²) in [4.78, 5) is 15.2. The topological polar surface area (TPSA) is 85.8 Å². The highest BCUT2D eigenvalue weighted by atomic mass is 19.1. The number of carbonyl (C=O) groups excluding carboxylic acids is 1. The highest BCUT2D eigenvalue weighted by Gasteiger charge is 2.14. The molecule has 2 aromatic rings.